The smallest absolute Gasteiger partial charge is 0.125 e. The molecule has 100 valence electrons. The molecule has 0 spiro atoms. The Bertz CT molecular complexity index is 425. The minimum Gasteiger partial charge on any atom is -0.493 e. The van der Waals surface area contributed by atoms with Crippen LogP contribution in [0.4, 0.5) is 0 Å². The van der Waals surface area contributed by atoms with Crippen LogP contribution in [0.1, 0.15) is 49.8 Å². The van der Waals surface area contributed by atoms with Gasteiger partial charge in [0.25, 0.3) is 0 Å². The molecule has 0 radical (unpaired) electrons. The largest absolute Gasteiger partial charge is 0.493 e. The van der Waals surface area contributed by atoms with Crippen molar-refractivity contribution in [2.45, 2.75) is 52.6 Å². The minimum absolute atomic E-state index is 0.710. The lowest BCUT2D eigenvalue weighted by atomic mass is 9.86. The summed E-state index contributed by atoms with van der Waals surface area (Å²) >= 11 is 0. The van der Waals surface area contributed by atoms with Gasteiger partial charge in [-0.05, 0) is 69.7 Å². The van der Waals surface area contributed by atoms with Crippen LogP contribution in [0.5, 0.6) is 5.75 Å². The molecule has 1 aliphatic rings. The molecule has 1 aliphatic carbocycles. The van der Waals surface area contributed by atoms with Gasteiger partial charge in [0.05, 0.1) is 12.2 Å². The van der Waals surface area contributed by atoms with Gasteiger partial charge in [0.15, 0.2) is 0 Å². The fourth-order valence-electron chi connectivity index (χ4n) is 2.25. The van der Waals surface area contributed by atoms with Crippen LogP contribution in [-0.2, 0) is 5.60 Å². The predicted molar refractivity (Wildman–Crippen MR) is 74.0 cm³/mol. The van der Waals surface area contributed by atoms with Gasteiger partial charge in [0.1, 0.15) is 5.75 Å². The first kappa shape index (κ1) is 13.4. The molecule has 1 N–H and O–H groups in total. The second-order valence-corrected chi connectivity index (χ2v) is 6.10. The van der Waals surface area contributed by atoms with Gasteiger partial charge >= 0.3 is 0 Å². The van der Waals surface area contributed by atoms with Crippen molar-refractivity contribution in [1.29, 1.82) is 0 Å². The molecule has 1 aromatic rings. The lowest BCUT2D eigenvalue weighted by Gasteiger charge is -2.28. The highest BCUT2D eigenvalue weighted by Gasteiger charge is 2.24. The molecule has 18 heavy (non-hydrogen) atoms. The molecule has 0 aliphatic heterocycles. The van der Waals surface area contributed by atoms with E-state index in [2.05, 4.69) is 19.9 Å². The van der Waals surface area contributed by atoms with E-state index in [0.29, 0.717) is 5.92 Å². The third kappa shape index (κ3) is 2.86. The van der Waals surface area contributed by atoms with Gasteiger partial charge < -0.3 is 9.84 Å². The minimum atomic E-state index is -0.854. The molecule has 0 amide bonds. The molecule has 0 unspecified atom stereocenters. The normalized spacial score (nSPS) is 16.5. The van der Waals surface area contributed by atoms with E-state index in [1.165, 1.54) is 30.4 Å². The summed E-state index contributed by atoms with van der Waals surface area (Å²) in [6.07, 6.45) is 3.89. The highest BCUT2D eigenvalue weighted by Crippen LogP contribution is 2.34. The molecule has 1 aromatic carbocycles. The Morgan fingerprint density at radius 2 is 1.83 bits per heavy atom. The zero-order valence-corrected chi connectivity index (χ0v) is 11.9. The van der Waals surface area contributed by atoms with Crippen molar-refractivity contribution in [2.24, 2.45) is 5.92 Å². The zero-order chi connectivity index (χ0) is 13.3. The number of hydrogen-bond donors (Lipinski definition) is 1. The summed E-state index contributed by atoms with van der Waals surface area (Å²) in [5.74, 6) is 1.55. The van der Waals surface area contributed by atoms with Gasteiger partial charge in [-0.15, -0.1) is 0 Å². The third-order valence-corrected chi connectivity index (χ3v) is 3.95. The standard InChI is InChI=1S/C16H24O2/c1-11-8-14(16(3,4)17)15(9-12(11)2)18-10-13-6-5-7-13/h8-9,13,17H,5-7,10H2,1-4H3. The van der Waals surface area contributed by atoms with E-state index in [1.807, 2.05) is 19.9 Å². The van der Waals surface area contributed by atoms with Crippen LogP contribution in [0, 0.1) is 19.8 Å². The van der Waals surface area contributed by atoms with Crippen LogP contribution in [0.15, 0.2) is 12.1 Å². The van der Waals surface area contributed by atoms with Crippen molar-refractivity contribution in [1.82, 2.24) is 0 Å². The molecule has 2 nitrogen and oxygen atoms in total. The maximum Gasteiger partial charge on any atom is 0.125 e. The lowest BCUT2D eigenvalue weighted by molar-refractivity contribution is 0.0726. The molecular formula is C16H24O2. The van der Waals surface area contributed by atoms with Gasteiger partial charge in [-0.25, -0.2) is 0 Å². The molecule has 0 atom stereocenters. The Kier molecular flexibility index (Phi) is 3.67. The van der Waals surface area contributed by atoms with Gasteiger partial charge in [0, 0.05) is 5.56 Å². The van der Waals surface area contributed by atoms with Gasteiger partial charge in [-0.3, -0.25) is 0 Å². The van der Waals surface area contributed by atoms with Crippen molar-refractivity contribution >= 4 is 0 Å². The fourth-order valence-corrected chi connectivity index (χ4v) is 2.25. The summed E-state index contributed by atoms with van der Waals surface area (Å²) in [4.78, 5) is 0. The summed E-state index contributed by atoms with van der Waals surface area (Å²) < 4.78 is 5.94. The predicted octanol–water partition coefficient (Wildman–Crippen LogP) is 3.71. The van der Waals surface area contributed by atoms with E-state index in [-0.39, 0.29) is 0 Å². The molecule has 2 heteroatoms. The van der Waals surface area contributed by atoms with Crippen molar-refractivity contribution in [2.75, 3.05) is 6.61 Å². The average molecular weight is 248 g/mol. The van der Waals surface area contributed by atoms with Crippen LogP contribution >= 0.6 is 0 Å². The lowest BCUT2D eigenvalue weighted by Crippen LogP contribution is -2.22. The number of aryl methyl sites for hydroxylation is 2. The molecule has 0 aromatic heterocycles. The van der Waals surface area contributed by atoms with Gasteiger partial charge in [-0.2, -0.15) is 0 Å². The van der Waals surface area contributed by atoms with Gasteiger partial charge in [-0.1, -0.05) is 6.42 Å². The quantitative estimate of drug-likeness (QED) is 0.880. The molecule has 0 heterocycles. The Labute approximate surface area is 110 Å². The first-order valence-corrected chi connectivity index (χ1v) is 6.85. The number of benzene rings is 1. The Hall–Kier alpha value is -1.02. The first-order chi connectivity index (χ1) is 8.38. The maximum atomic E-state index is 10.2. The number of aliphatic hydroxyl groups is 1. The van der Waals surface area contributed by atoms with E-state index in [1.54, 1.807) is 0 Å². The maximum absolute atomic E-state index is 10.2. The summed E-state index contributed by atoms with van der Waals surface area (Å²) in [5, 5.41) is 10.2. The van der Waals surface area contributed by atoms with Crippen LogP contribution in [0.2, 0.25) is 0 Å². The summed E-state index contributed by atoms with van der Waals surface area (Å²) in [5.41, 5.74) is 2.45. The van der Waals surface area contributed by atoms with E-state index < -0.39 is 5.60 Å². The van der Waals surface area contributed by atoms with Crippen LogP contribution in [0.25, 0.3) is 0 Å². The molecule has 1 fully saturated rings. The molecule has 0 bridgehead atoms. The van der Waals surface area contributed by atoms with Crippen molar-refractivity contribution < 1.29 is 9.84 Å². The molecule has 0 saturated heterocycles. The second kappa shape index (κ2) is 4.93. The Morgan fingerprint density at radius 3 is 2.33 bits per heavy atom. The topological polar surface area (TPSA) is 29.5 Å². The Balaban J connectivity index is 2.22. The van der Waals surface area contributed by atoms with Crippen LogP contribution < -0.4 is 4.74 Å². The van der Waals surface area contributed by atoms with E-state index in [9.17, 15) is 5.11 Å². The Morgan fingerprint density at radius 1 is 1.22 bits per heavy atom. The fraction of sp³-hybridized carbons (Fsp3) is 0.625. The summed E-state index contributed by atoms with van der Waals surface area (Å²) in [6, 6.07) is 4.10. The second-order valence-electron chi connectivity index (χ2n) is 6.10. The SMILES string of the molecule is Cc1cc(OCC2CCC2)c(C(C)(C)O)cc1C. The van der Waals surface area contributed by atoms with Crippen LogP contribution in [-0.4, -0.2) is 11.7 Å². The molecular weight excluding hydrogens is 224 g/mol. The first-order valence-electron chi connectivity index (χ1n) is 6.85. The monoisotopic (exact) mass is 248 g/mol. The number of hydrogen-bond acceptors (Lipinski definition) is 2. The highest BCUT2D eigenvalue weighted by molar-refractivity contribution is 5.44. The van der Waals surface area contributed by atoms with Crippen molar-refractivity contribution in [3.8, 4) is 5.75 Å². The molecule has 1 saturated carbocycles. The summed E-state index contributed by atoms with van der Waals surface area (Å²) in [6.45, 7) is 8.56. The van der Waals surface area contributed by atoms with Gasteiger partial charge in [0.2, 0.25) is 0 Å². The molecule has 2 rings (SSSR count). The third-order valence-electron chi connectivity index (χ3n) is 3.95. The summed E-state index contributed by atoms with van der Waals surface area (Å²) in [7, 11) is 0. The van der Waals surface area contributed by atoms with E-state index in [0.717, 1.165) is 17.9 Å². The zero-order valence-electron chi connectivity index (χ0n) is 11.9. The highest BCUT2D eigenvalue weighted by atomic mass is 16.5. The average Bonchev–Trinajstić information content (AvgIpc) is 2.18. The number of rotatable bonds is 4. The van der Waals surface area contributed by atoms with E-state index >= 15 is 0 Å². The van der Waals surface area contributed by atoms with Crippen molar-refractivity contribution in [3.63, 3.8) is 0 Å². The van der Waals surface area contributed by atoms with Crippen LogP contribution in [0.3, 0.4) is 0 Å². The number of ether oxygens (including phenoxy) is 1. The van der Waals surface area contributed by atoms with Crippen molar-refractivity contribution in [3.05, 3.63) is 28.8 Å². The van der Waals surface area contributed by atoms with E-state index in [4.69, 9.17) is 4.74 Å².